The highest BCUT2D eigenvalue weighted by Gasteiger charge is 2.15. The Morgan fingerprint density at radius 3 is 2.82 bits per heavy atom. The molecule has 0 radical (unpaired) electrons. The lowest BCUT2D eigenvalue weighted by Crippen LogP contribution is -2.30. The van der Waals surface area contributed by atoms with E-state index in [-0.39, 0.29) is 11.8 Å². The van der Waals surface area contributed by atoms with E-state index in [2.05, 4.69) is 22.0 Å². The molecule has 1 aromatic carbocycles. The number of halogens is 2. The fourth-order valence-corrected chi connectivity index (χ4v) is 1.88. The van der Waals surface area contributed by atoms with Gasteiger partial charge in [-0.15, -0.1) is 0 Å². The highest BCUT2D eigenvalue weighted by Crippen LogP contribution is 2.23. The summed E-state index contributed by atoms with van der Waals surface area (Å²) in [7, 11) is 1.68. The van der Waals surface area contributed by atoms with Crippen molar-refractivity contribution in [3.05, 3.63) is 33.3 Å². The summed E-state index contributed by atoms with van der Waals surface area (Å²) in [6.45, 7) is 2.19. The topological polar surface area (TPSA) is 44.1 Å². The first-order valence-corrected chi connectivity index (χ1v) is 6.23. The summed E-state index contributed by atoms with van der Waals surface area (Å²) in [4.78, 5) is 13.5. The zero-order valence-corrected chi connectivity index (χ0v) is 11.9. The molecular formula is C12H12BrClN2O. The molecule has 0 saturated carbocycles. The van der Waals surface area contributed by atoms with E-state index in [0.717, 1.165) is 0 Å². The van der Waals surface area contributed by atoms with Gasteiger partial charge >= 0.3 is 0 Å². The molecule has 90 valence electrons. The minimum absolute atomic E-state index is 0.121. The SMILES string of the molecule is CC(C#N)CN(C)C(=O)c1ccc(Cl)c(Br)c1. The Morgan fingerprint density at radius 2 is 2.29 bits per heavy atom. The van der Waals surface area contributed by atoms with Crippen LogP contribution in [0.15, 0.2) is 22.7 Å². The number of amides is 1. The number of carbonyl (C=O) groups excluding carboxylic acids is 1. The van der Waals surface area contributed by atoms with Gasteiger partial charge in [-0.1, -0.05) is 11.6 Å². The fraction of sp³-hybridized carbons (Fsp3) is 0.333. The van der Waals surface area contributed by atoms with Crippen molar-refractivity contribution in [3.63, 3.8) is 0 Å². The Balaban J connectivity index is 2.82. The predicted octanol–water partition coefficient (Wildman–Crippen LogP) is 3.33. The molecule has 5 heteroatoms. The van der Waals surface area contributed by atoms with Crippen molar-refractivity contribution in [1.82, 2.24) is 4.90 Å². The van der Waals surface area contributed by atoms with E-state index in [1.54, 1.807) is 32.2 Å². The van der Waals surface area contributed by atoms with Gasteiger partial charge in [-0.3, -0.25) is 4.79 Å². The van der Waals surface area contributed by atoms with E-state index in [9.17, 15) is 4.79 Å². The largest absolute Gasteiger partial charge is 0.340 e. The van der Waals surface area contributed by atoms with Crippen LogP contribution in [0.3, 0.4) is 0 Å². The lowest BCUT2D eigenvalue weighted by atomic mass is 10.1. The quantitative estimate of drug-likeness (QED) is 0.858. The molecule has 3 nitrogen and oxygen atoms in total. The average molecular weight is 316 g/mol. The minimum Gasteiger partial charge on any atom is -0.340 e. The summed E-state index contributed by atoms with van der Waals surface area (Å²) >= 11 is 9.13. The van der Waals surface area contributed by atoms with E-state index < -0.39 is 0 Å². The number of nitrogens with zero attached hydrogens (tertiary/aromatic N) is 2. The smallest absolute Gasteiger partial charge is 0.253 e. The standard InChI is InChI=1S/C12H12BrClN2O/c1-8(6-15)7-16(2)12(17)9-3-4-11(14)10(13)5-9/h3-5,8H,7H2,1-2H3. The van der Waals surface area contributed by atoms with Crippen molar-refractivity contribution in [2.24, 2.45) is 5.92 Å². The van der Waals surface area contributed by atoms with Crippen LogP contribution in [0.25, 0.3) is 0 Å². The molecule has 17 heavy (non-hydrogen) atoms. The van der Waals surface area contributed by atoms with Crippen molar-refractivity contribution >= 4 is 33.4 Å². The van der Waals surface area contributed by atoms with Gasteiger partial charge in [0.1, 0.15) is 0 Å². The maximum absolute atomic E-state index is 12.0. The molecular weight excluding hydrogens is 304 g/mol. The van der Waals surface area contributed by atoms with Crippen LogP contribution < -0.4 is 0 Å². The molecule has 0 saturated heterocycles. The molecule has 1 unspecified atom stereocenters. The van der Waals surface area contributed by atoms with E-state index in [4.69, 9.17) is 16.9 Å². The van der Waals surface area contributed by atoms with Crippen LogP contribution in [0.4, 0.5) is 0 Å². The number of hydrogen-bond acceptors (Lipinski definition) is 2. The van der Waals surface area contributed by atoms with Gasteiger partial charge in [0.15, 0.2) is 0 Å². The molecule has 1 aromatic rings. The summed E-state index contributed by atoms with van der Waals surface area (Å²) < 4.78 is 0.687. The van der Waals surface area contributed by atoms with Crippen LogP contribution in [-0.4, -0.2) is 24.4 Å². The molecule has 0 fully saturated rings. The monoisotopic (exact) mass is 314 g/mol. The maximum Gasteiger partial charge on any atom is 0.253 e. The average Bonchev–Trinajstić information content (AvgIpc) is 2.31. The first-order valence-electron chi connectivity index (χ1n) is 5.06. The summed E-state index contributed by atoms with van der Waals surface area (Å²) in [5.74, 6) is -0.302. The third kappa shape index (κ3) is 3.72. The Morgan fingerprint density at radius 1 is 1.65 bits per heavy atom. The molecule has 0 bridgehead atoms. The number of benzene rings is 1. The molecule has 0 aliphatic heterocycles. The van der Waals surface area contributed by atoms with Crippen molar-refractivity contribution in [2.75, 3.05) is 13.6 Å². The molecule has 0 N–H and O–H groups in total. The Kier molecular flexibility index (Phi) is 4.98. The molecule has 0 spiro atoms. The fourth-order valence-electron chi connectivity index (χ4n) is 1.38. The van der Waals surface area contributed by atoms with Crippen molar-refractivity contribution in [2.45, 2.75) is 6.92 Å². The van der Waals surface area contributed by atoms with Crippen LogP contribution in [-0.2, 0) is 0 Å². The van der Waals surface area contributed by atoms with Crippen molar-refractivity contribution in [1.29, 1.82) is 5.26 Å². The Hall–Kier alpha value is -1.05. The zero-order valence-electron chi connectivity index (χ0n) is 9.58. The van der Waals surface area contributed by atoms with Gasteiger partial charge < -0.3 is 4.90 Å². The van der Waals surface area contributed by atoms with Gasteiger partial charge in [-0.2, -0.15) is 5.26 Å². The molecule has 1 atom stereocenters. The van der Waals surface area contributed by atoms with Crippen LogP contribution in [0.1, 0.15) is 17.3 Å². The summed E-state index contributed by atoms with van der Waals surface area (Å²) in [5.41, 5.74) is 0.550. The third-order valence-corrected chi connectivity index (χ3v) is 3.50. The van der Waals surface area contributed by atoms with E-state index >= 15 is 0 Å². The molecule has 0 heterocycles. The Labute approximate surface area is 114 Å². The van der Waals surface area contributed by atoms with Crippen molar-refractivity contribution in [3.8, 4) is 6.07 Å². The molecule has 1 amide bonds. The van der Waals surface area contributed by atoms with E-state index in [1.807, 2.05) is 0 Å². The number of carbonyl (C=O) groups is 1. The van der Waals surface area contributed by atoms with Gasteiger partial charge in [0, 0.05) is 23.6 Å². The predicted molar refractivity (Wildman–Crippen MR) is 70.9 cm³/mol. The first-order chi connectivity index (χ1) is 7.95. The van der Waals surface area contributed by atoms with Crippen LogP contribution >= 0.6 is 27.5 Å². The van der Waals surface area contributed by atoms with Crippen LogP contribution in [0, 0.1) is 17.2 Å². The highest BCUT2D eigenvalue weighted by atomic mass is 79.9. The molecule has 1 rings (SSSR count). The van der Waals surface area contributed by atoms with Gasteiger partial charge in [-0.25, -0.2) is 0 Å². The first kappa shape index (κ1) is 14.0. The van der Waals surface area contributed by atoms with Crippen LogP contribution in [0.2, 0.25) is 5.02 Å². The van der Waals surface area contributed by atoms with Gasteiger partial charge in [-0.05, 0) is 41.1 Å². The number of nitriles is 1. The second kappa shape index (κ2) is 6.04. The van der Waals surface area contributed by atoms with Gasteiger partial charge in [0.2, 0.25) is 0 Å². The molecule has 0 aliphatic carbocycles. The Bertz CT molecular complexity index is 470. The summed E-state index contributed by atoms with van der Waals surface area (Å²) in [5, 5.41) is 9.27. The highest BCUT2D eigenvalue weighted by molar-refractivity contribution is 9.10. The van der Waals surface area contributed by atoms with E-state index in [0.29, 0.717) is 21.6 Å². The number of rotatable bonds is 3. The lowest BCUT2D eigenvalue weighted by molar-refractivity contribution is 0.0785. The minimum atomic E-state index is -0.181. The van der Waals surface area contributed by atoms with Gasteiger partial charge in [0.25, 0.3) is 5.91 Å². The summed E-state index contributed by atoms with van der Waals surface area (Å²) in [6.07, 6.45) is 0. The molecule has 0 aromatic heterocycles. The summed E-state index contributed by atoms with van der Waals surface area (Å²) in [6, 6.07) is 7.11. The van der Waals surface area contributed by atoms with Gasteiger partial charge in [0.05, 0.1) is 17.0 Å². The normalized spacial score (nSPS) is 11.7. The second-order valence-corrected chi connectivity index (χ2v) is 5.11. The lowest BCUT2D eigenvalue weighted by Gasteiger charge is -2.18. The molecule has 0 aliphatic rings. The van der Waals surface area contributed by atoms with E-state index in [1.165, 1.54) is 4.90 Å². The van der Waals surface area contributed by atoms with Crippen LogP contribution in [0.5, 0.6) is 0 Å². The zero-order chi connectivity index (χ0) is 13.0. The van der Waals surface area contributed by atoms with Crippen molar-refractivity contribution < 1.29 is 4.79 Å². The number of hydrogen-bond donors (Lipinski definition) is 0. The third-order valence-electron chi connectivity index (χ3n) is 2.28. The second-order valence-electron chi connectivity index (χ2n) is 3.84. The maximum atomic E-state index is 12.0.